The van der Waals surface area contributed by atoms with E-state index >= 15 is 0 Å². The van der Waals surface area contributed by atoms with Crippen molar-refractivity contribution in [2.45, 2.75) is 57.3 Å². The molecule has 0 bridgehead atoms. The molecule has 0 aromatic carbocycles. The largest absolute Gasteiger partial charge is 0.465 e. The molecule has 2 heteroatoms. The lowest BCUT2D eigenvalue weighted by molar-refractivity contribution is 0.330. The lowest BCUT2D eigenvalue weighted by Crippen LogP contribution is -2.13. The third-order valence-corrected chi connectivity index (χ3v) is 4.18. The molecule has 2 aliphatic rings. The lowest BCUT2D eigenvalue weighted by Gasteiger charge is -2.24. The molecule has 3 rings (SSSR count). The summed E-state index contributed by atoms with van der Waals surface area (Å²) in [4.78, 5) is 0. The first-order valence-corrected chi connectivity index (χ1v) is 6.73. The highest BCUT2D eigenvalue weighted by molar-refractivity contribution is 5.38. The van der Waals surface area contributed by atoms with Crippen LogP contribution in [0.5, 0.6) is 0 Å². The van der Waals surface area contributed by atoms with Crippen molar-refractivity contribution in [3.8, 4) is 0 Å². The maximum atomic E-state index is 6.14. The van der Waals surface area contributed by atoms with Crippen LogP contribution in [0, 0.1) is 0 Å². The van der Waals surface area contributed by atoms with Crippen LogP contribution in [0.25, 0.3) is 0 Å². The van der Waals surface area contributed by atoms with Gasteiger partial charge in [-0.05, 0) is 56.2 Å². The lowest BCUT2D eigenvalue weighted by atomic mass is 9.80. The van der Waals surface area contributed by atoms with Gasteiger partial charge in [0.05, 0.1) is 0 Å². The molecule has 2 nitrogen and oxygen atoms in total. The topological polar surface area (TPSA) is 39.2 Å². The first-order valence-electron chi connectivity index (χ1n) is 6.73. The van der Waals surface area contributed by atoms with Crippen molar-refractivity contribution in [3.63, 3.8) is 0 Å². The highest BCUT2D eigenvalue weighted by Gasteiger charge is 2.29. The summed E-state index contributed by atoms with van der Waals surface area (Å²) in [6, 6.07) is 0. The van der Waals surface area contributed by atoms with Crippen LogP contribution in [0.1, 0.15) is 60.7 Å². The Morgan fingerprint density at radius 1 is 1.12 bits per heavy atom. The molecule has 0 unspecified atom stereocenters. The van der Waals surface area contributed by atoms with E-state index in [9.17, 15) is 0 Å². The molecule has 1 aromatic rings. The summed E-state index contributed by atoms with van der Waals surface area (Å²) in [5.74, 6) is 3.31. The van der Waals surface area contributed by atoms with Crippen LogP contribution in [0.3, 0.4) is 0 Å². The Morgan fingerprint density at radius 2 is 1.94 bits per heavy atom. The van der Waals surface area contributed by atoms with Crippen LogP contribution in [-0.2, 0) is 19.3 Å². The summed E-state index contributed by atoms with van der Waals surface area (Å²) in [5, 5.41) is 0. The van der Waals surface area contributed by atoms with E-state index in [4.69, 9.17) is 10.2 Å². The number of rotatable bonds is 3. The van der Waals surface area contributed by atoms with Gasteiger partial charge >= 0.3 is 0 Å². The van der Waals surface area contributed by atoms with Gasteiger partial charge in [-0.2, -0.15) is 0 Å². The van der Waals surface area contributed by atoms with Gasteiger partial charge in [0.1, 0.15) is 11.5 Å². The van der Waals surface area contributed by atoms with E-state index in [1.54, 1.807) is 0 Å². The Labute approximate surface area is 97.2 Å². The Hall–Kier alpha value is -0.760. The summed E-state index contributed by atoms with van der Waals surface area (Å²) in [5.41, 5.74) is 8.75. The number of fused-ring (bicyclic) bond motifs is 1. The molecule has 1 aromatic heterocycles. The Balaban J connectivity index is 1.98. The molecule has 2 N–H and O–H groups in total. The van der Waals surface area contributed by atoms with Crippen LogP contribution in [0.15, 0.2) is 4.42 Å². The minimum absolute atomic E-state index is 0.715. The molecular formula is C14H21NO. The van der Waals surface area contributed by atoms with Crippen molar-refractivity contribution in [2.75, 3.05) is 6.54 Å². The quantitative estimate of drug-likeness (QED) is 0.849. The van der Waals surface area contributed by atoms with Crippen LogP contribution in [0.4, 0.5) is 0 Å². The van der Waals surface area contributed by atoms with Crippen LogP contribution in [-0.4, -0.2) is 6.54 Å². The van der Waals surface area contributed by atoms with Gasteiger partial charge in [-0.1, -0.05) is 6.42 Å². The zero-order valence-corrected chi connectivity index (χ0v) is 9.93. The molecule has 0 atom stereocenters. The second kappa shape index (κ2) is 4.25. The van der Waals surface area contributed by atoms with E-state index in [-0.39, 0.29) is 0 Å². The zero-order valence-electron chi connectivity index (χ0n) is 9.93. The Bertz CT molecular complexity index is 376. The minimum Gasteiger partial charge on any atom is -0.465 e. The SMILES string of the molecule is NCCc1c(C2CCC2)oc2c1CCCC2. The molecule has 16 heavy (non-hydrogen) atoms. The smallest absolute Gasteiger partial charge is 0.110 e. The van der Waals surface area contributed by atoms with Crippen LogP contribution in [0.2, 0.25) is 0 Å². The van der Waals surface area contributed by atoms with Gasteiger partial charge in [-0.25, -0.2) is 0 Å². The fourth-order valence-electron chi connectivity index (χ4n) is 3.07. The summed E-state index contributed by atoms with van der Waals surface area (Å²) in [6.07, 6.45) is 10.0. The van der Waals surface area contributed by atoms with E-state index in [0.29, 0.717) is 5.92 Å². The average Bonchev–Trinajstić information content (AvgIpc) is 2.56. The highest BCUT2D eigenvalue weighted by Crippen LogP contribution is 2.42. The number of aryl methyl sites for hydroxylation is 1. The normalized spacial score (nSPS) is 20.6. The summed E-state index contributed by atoms with van der Waals surface area (Å²) >= 11 is 0. The maximum Gasteiger partial charge on any atom is 0.110 e. The standard InChI is InChI=1S/C14H21NO/c15-9-8-12-11-6-1-2-7-13(11)16-14(12)10-4-3-5-10/h10H,1-9,15H2. The summed E-state index contributed by atoms with van der Waals surface area (Å²) in [7, 11) is 0. The molecule has 0 radical (unpaired) electrons. The van der Waals surface area contributed by atoms with E-state index in [1.807, 2.05) is 0 Å². The predicted molar refractivity (Wildman–Crippen MR) is 64.7 cm³/mol. The number of furan rings is 1. The van der Waals surface area contributed by atoms with Crippen molar-refractivity contribution in [3.05, 3.63) is 22.6 Å². The molecule has 0 aliphatic heterocycles. The summed E-state index contributed by atoms with van der Waals surface area (Å²) < 4.78 is 6.14. The van der Waals surface area contributed by atoms with Crippen molar-refractivity contribution < 1.29 is 4.42 Å². The van der Waals surface area contributed by atoms with E-state index < -0.39 is 0 Å². The molecular weight excluding hydrogens is 198 g/mol. The monoisotopic (exact) mass is 219 g/mol. The van der Waals surface area contributed by atoms with Gasteiger partial charge in [0.15, 0.2) is 0 Å². The van der Waals surface area contributed by atoms with Gasteiger partial charge in [0.25, 0.3) is 0 Å². The molecule has 2 aliphatic carbocycles. The molecule has 1 heterocycles. The first kappa shape index (κ1) is 10.4. The first-order chi connectivity index (χ1) is 7.90. The molecule has 0 amide bonds. The third-order valence-electron chi connectivity index (χ3n) is 4.18. The number of nitrogens with two attached hydrogens (primary N) is 1. The number of hydrogen-bond acceptors (Lipinski definition) is 2. The zero-order chi connectivity index (χ0) is 11.0. The average molecular weight is 219 g/mol. The highest BCUT2D eigenvalue weighted by atomic mass is 16.3. The van der Waals surface area contributed by atoms with Gasteiger partial charge in [-0.15, -0.1) is 0 Å². The van der Waals surface area contributed by atoms with E-state index in [2.05, 4.69) is 0 Å². The Kier molecular flexibility index (Phi) is 2.76. The molecule has 1 fully saturated rings. The van der Waals surface area contributed by atoms with Gasteiger partial charge in [-0.3, -0.25) is 0 Å². The van der Waals surface area contributed by atoms with Crippen molar-refractivity contribution in [1.82, 2.24) is 0 Å². The van der Waals surface area contributed by atoms with Crippen molar-refractivity contribution >= 4 is 0 Å². The molecule has 0 spiro atoms. The predicted octanol–water partition coefficient (Wildman–Crippen LogP) is 2.93. The van der Waals surface area contributed by atoms with Gasteiger partial charge < -0.3 is 10.2 Å². The second-order valence-electron chi connectivity index (χ2n) is 5.22. The van der Waals surface area contributed by atoms with Gasteiger partial charge in [0.2, 0.25) is 0 Å². The summed E-state index contributed by atoms with van der Waals surface area (Å²) in [6.45, 7) is 0.756. The fraction of sp³-hybridized carbons (Fsp3) is 0.714. The maximum absolute atomic E-state index is 6.14. The molecule has 0 saturated heterocycles. The van der Waals surface area contributed by atoms with Crippen LogP contribution < -0.4 is 5.73 Å². The fourth-order valence-corrected chi connectivity index (χ4v) is 3.07. The molecule has 88 valence electrons. The third kappa shape index (κ3) is 1.60. The second-order valence-corrected chi connectivity index (χ2v) is 5.22. The van der Waals surface area contributed by atoms with Crippen molar-refractivity contribution in [1.29, 1.82) is 0 Å². The van der Waals surface area contributed by atoms with E-state index in [0.717, 1.165) is 19.4 Å². The van der Waals surface area contributed by atoms with E-state index in [1.165, 1.54) is 61.2 Å². The Morgan fingerprint density at radius 3 is 2.62 bits per heavy atom. The van der Waals surface area contributed by atoms with Crippen molar-refractivity contribution in [2.24, 2.45) is 5.73 Å². The molecule has 1 saturated carbocycles. The van der Waals surface area contributed by atoms with Gasteiger partial charge in [0, 0.05) is 12.3 Å². The number of hydrogen-bond donors (Lipinski definition) is 1. The van der Waals surface area contributed by atoms with Crippen LogP contribution >= 0.6 is 0 Å². The minimum atomic E-state index is 0.715.